The van der Waals surface area contributed by atoms with Gasteiger partial charge in [-0.2, -0.15) is 0 Å². The molecule has 0 saturated heterocycles. The number of ether oxygens (including phenoxy) is 1. The first-order chi connectivity index (χ1) is 11.1. The van der Waals surface area contributed by atoms with Crippen LogP contribution in [0.15, 0.2) is 29.3 Å². The van der Waals surface area contributed by atoms with Gasteiger partial charge in [-0.05, 0) is 30.5 Å². The van der Waals surface area contributed by atoms with Crippen LogP contribution in [0, 0.1) is 0 Å². The molecule has 0 N–H and O–H groups in total. The molecule has 4 nitrogen and oxygen atoms in total. The Hall–Kier alpha value is -1.81. The number of nitrogens with zero attached hydrogens (tertiary/aromatic N) is 1. The van der Waals surface area contributed by atoms with Crippen LogP contribution >= 0.6 is 11.6 Å². The van der Waals surface area contributed by atoms with Gasteiger partial charge >= 0.3 is 0 Å². The van der Waals surface area contributed by atoms with Gasteiger partial charge in [0.1, 0.15) is 10.8 Å². The molecular weight excluding hydrogens is 314 g/mol. The van der Waals surface area contributed by atoms with Crippen molar-refractivity contribution in [2.75, 3.05) is 13.2 Å². The molecule has 0 fully saturated rings. The number of amides is 2. The van der Waals surface area contributed by atoms with Crippen LogP contribution in [0.4, 0.5) is 0 Å². The Bertz CT molecular complexity index is 607. The summed E-state index contributed by atoms with van der Waals surface area (Å²) < 4.78 is 5.52. The molecular formula is C18H22ClNO3. The Labute approximate surface area is 142 Å². The average molecular weight is 336 g/mol. The predicted molar refractivity (Wildman–Crippen MR) is 91.2 cm³/mol. The highest BCUT2D eigenvalue weighted by Gasteiger charge is 2.37. The zero-order valence-corrected chi connectivity index (χ0v) is 14.4. The van der Waals surface area contributed by atoms with Crippen molar-refractivity contribution in [3.63, 3.8) is 0 Å². The van der Waals surface area contributed by atoms with Gasteiger partial charge in [0, 0.05) is 6.54 Å². The maximum atomic E-state index is 12.5. The van der Waals surface area contributed by atoms with E-state index in [-0.39, 0.29) is 16.5 Å². The minimum atomic E-state index is -0.394. The number of rotatable bonds is 8. The summed E-state index contributed by atoms with van der Waals surface area (Å²) in [6.45, 7) is 5.18. The van der Waals surface area contributed by atoms with Crippen molar-refractivity contribution in [1.29, 1.82) is 0 Å². The molecule has 0 radical (unpaired) electrons. The third-order valence-electron chi connectivity index (χ3n) is 3.71. The van der Waals surface area contributed by atoms with Crippen LogP contribution in [-0.2, 0) is 9.59 Å². The molecule has 2 rings (SSSR count). The second-order valence-electron chi connectivity index (χ2n) is 5.53. The van der Waals surface area contributed by atoms with E-state index in [1.807, 2.05) is 6.92 Å². The SMILES string of the molecule is CCCCCN1C(=O)C(Cl)=C(c2ccc(OCCC)cc2)C1=O. The fourth-order valence-electron chi connectivity index (χ4n) is 2.46. The largest absolute Gasteiger partial charge is 0.494 e. The molecule has 23 heavy (non-hydrogen) atoms. The lowest BCUT2D eigenvalue weighted by Crippen LogP contribution is -2.32. The van der Waals surface area contributed by atoms with Crippen LogP contribution in [0.1, 0.15) is 45.1 Å². The predicted octanol–water partition coefficient (Wildman–Crippen LogP) is 3.98. The summed E-state index contributed by atoms with van der Waals surface area (Å²) in [6.07, 6.45) is 3.74. The van der Waals surface area contributed by atoms with E-state index < -0.39 is 5.91 Å². The van der Waals surface area contributed by atoms with Crippen LogP contribution in [0.2, 0.25) is 0 Å². The summed E-state index contributed by atoms with van der Waals surface area (Å²) in [5, 5.41) is 0.00808. The van der Waals surface area contributed by atoms with E-state index in [9.17, 15) is 9.59 Å². The monoisotopic (exact) mass is 335 g/mol. The van der Waals surface area contributed by atoms with Gasteiger partial charge in [-0.1, -0.05) is 50.4 Å². The number of imide groups is 1. The highest BCUT2D eigenvalue weighted by molar-refractivity contribution is 6.55. The number of halogens is 1. The normalized spacial score (nSPS) is 14.8. The van der Waals surface area contributed by atoms with E-state index in [1.54, 1.807) is 24.3 Å². The molecule has 0 atom stereocenters. The van der Waals surface area contributed by atoms with E-state index in [1.165, 1.54) is 4.90 Å². The van der Waals surface area contributed by atoms with Crippen molar-refractivity contribution in [3.8, 4) is 5.75 Å². The molecule has 1 aliphatic rings. The van der Waals surface area contributed by atoms with Crippen LogP contribution in [0.25, 0.3) is 5.57 Å². The number of carbonyl (C=O) groups excluding carboxylic acids is 2. The third kappa shape index (κ3) is 3.94. The maximum Gasteiger partial charge on any atom is 0.273 e. The first-order valence-corrected chi connectivity index (χ1v) is 8.47. The summed E-state index contributed by atoms with van der Waals surface area (Å²) in [7, 11) is 0. The highest BCUT2D eigenvalue weighted by Crippen LogP contribution is 2.32. The van der Waals surface area contributed by atoms with E-state index >= 15 is 0 Å². The molecule has 1 aliphatic heterocycles. The van der Waals surface area contributed by atoms with Gasteiger partial charge in [0.15, 0.2) is 0 Å². The topological polar surface area (TPSA) is 46.6 Å². The van der Waals surface area contributed by atoms with Gasteiger partial charge < -0.3 is 4.74 Å². The Kier molecular flexibility index (Phi) is 6.22. The fourth-order valence-corrected chi connectivity index (χ4v) is 2.75. The number of hydrogen-bond acceptors (Lipinski definition) is 3. The highest BCUT2D eigenvalue weighted by atomic mass is 35.5. The molecule has 0 spiro atoms. The lowest BCUT2D eigenvalue weighted by Gasteiger charge is -2.14. The van der Waals surface area contributed by atoms with Crippen LogP contribution < -0.4 is 4.74 Å². The van der Waals surface area contributed by atoms with Gasteiger partial charge in [0.05, 0.1) is 12.2 Å². The molecule has 0 unspecified atom stereocenters. The van der Waals surface area contributed by atoms with Crippen molar-refractivity contribution < 1.29 is 14.3 Å². The van der Waals surface area contributed by atoms with Gasteiger partial charge in [-0.15, -0.1) is 0 Å². The molecule has 0 aromatic heterocycles. The van der Waals surface area contributed by atoms with E-state index in [0.717, 1.165) is 31.4 Å². The van der Waals surface area contributed by atoms with E-state index in [2.05, 4.69) is 6.92 Å². The summed E-state index contributed by atoms with van der Waals surface area (Å²) in [5.74, 6) is 0.0382. The Morgan fingerprint density at radius 3 is 2.30 bits per heavy atom. The molecule has 5 heteroatoms. The zero-order valence-electron chi connectivity index (χ0n) is 13.6. The van der Waals surface area contributed by atoms with E-state index in [0.29, 0.717) is 18.7 Å². The summed E-state index contributed by atoms with van der Waals surface area (Å²) >= 11 is 6.13. The zero-order chi connectivity index (χ0) is 16.8. The minimum absolute atomic E-state index is 0.00808. The summed E-state index contributed by atoms with van der Waals surface area (Å²) in [6, 6.07) is 7.12. The van der Waals surface area contributed by atoms with Gasteiger partial charge in [-0.25, -0.2) is 0 Å². The molecule has 2 amide bonds. The number of benzene rings is 1. The third-order valence-corrected chi connectivity index (χ3v) is 4.06. The minimum Gasteiger partial charge on any atom is -0.494 e. The molecule has 1 heterocycles. The smallest absolute Gasteiger partial charge is 0.273 e. The first-order valence-electron chi connectivity index (χ1n) is 8.09. The Morgan fingerprint density at radius 1 is 1.00 bits per heavy atom. The van der Waals surface area contributed by atoms with Crippen LogP contribution in [-0.4, -0.2) is 29.9 Å². The number of hydrogen-bond donors (Lipinski definition) is 0. The maximum absolute atomic E-state index is 12.5. The average Bonchev–Trinajstić information content (AvgIpc) is 2.77. The summed E-state index contributed by atoms with van der Waals surface area (Å²) in [4.78, 5) is 25.9. The standard InChI is InChI=1S/C18H22ClNO3/c1-3-5-6-11-20-17(21)15(16(19)18(20)22)13-7-9-14(10-8-13)23-12-4-2/h7-10H,3-6,11-12H2,1-2H3. The van der Waals surface area contributed by atoms with Gasteiger partial charge in [0.2, 0.25) is 0 Å². The van der Waals surface area contributed by atoms with Crippen molar-refractivity contribution in [2.24, 2.45) is 0 Å². The second-order valence-corrected chi connectivity index (χ2v) is 5.91. The van der Waals surface area contributed by atoms with Crippen LogP contribution in [0.3, 0.4) is 0 Å². The second kappa shape index (κ2) is 8.16. The lowest BCUT2D eigenvalue weighted by molar-refractivity contribution is -0.136. The molecule has 0 saturated carbocycles. The van der Waals surface area contributed by atoms with Gasteiger partial charge in [0.25, 0.3) is 11.8 Å². The van der Waals surface area contributed by atoms with Crippen molar-refractivity contribution >= 4 is 29.0 Å². The number of carbonyl (C=O) groups is 2. The Balaban J connectivity index is 2.15. The number of unbranched alkanes of at least 4 members (excludes halogenated alkanes) is 2. The lowest BCUT2D eigenvalue weighted by atomic mass is 10.1. The molecule has 1 aromatic carbocycles. The Morgan fingerprint density at radius 2 is 1.70 bits per heavy atom. The van der Waals surface area contributed by atoms with E-state index in [4.69, 9.17) is 16.3 Å². The van der Waals surface area contributed by atoms with Crippen molar-refractivity contribution in [3.05, 3.63) is 34.9 Å². The molecule has 124 valence electrons. The quantitative estimate of drug-likeness (QED) is 0.533. The fraction of sp³-hybridized carbons (Fsp3) is 0.444. The molecule has 0 bridgehead atoms. The van der Waals surface area contributed by atoms with Crippen molar-refractivity contribution in [2.45, 2.75) is 39.5 Å². The van der Waals surface area contributed by atoms with Gasteiger partial charge in [-0.3, -0.25) is 14.5 Å². The van der Waals surface area contributed by atoms with Crippen LogP contribution in [0.5, 0.6) is 5.75 Å². The summed E-state index contributed by atoms with van der Waals surface area (Å²) in [5.41, 5.74) is 0.936. The molecule has 1 aromatic rings. The van der Waals surface area contributed by atoms with Crippen molar-refractivity contribution in [1.82, 2.24) is 4.90 Å². The molecule has 0 aliphatic carbocycles. The first kappa shape index (κ1) is 17.5.